The molecule has 0 heteroatoms. The molecule has 3 rings (SSSR count). The highest BCUT2D eigenvalue weighted by Gasteiger charge is 2.07. The van der Waals surface area contributed by atoms with Gasteiger partial charge in [-0.25, -0.2) is 0 Å². The van der Waals surface area contributed by atoms with E-state index in [4.69, 9.17) is 0 Å². The summed E-state index contributed by atoms with van der Waals surface area (Å²) in [5.41, 5.74) is 2.86. The van der Waals surface area contributed by atoms with E-state index in [9.17, 15) is 0 Å². The van der Waals surface area contributed by atoms with Gasteiger partial charge in [0, 0.05) is 0 Å². The molecule has 0 atom stereocenters. The molecule has 0 radical (unpaired) electrons. The van der Waals surface area contributed by atoms with Crippen LogP contribution < -0.4 is 0 Å². The molecule has 0 aromatic heterocycles. The highest BCUT2D eigenvalue weighted by atomic mass is 14.1. The monoisotopic (exact) mass is 248 g/mol. The van der Waals surface area contributed by atoms with Gasteiger partial charge >= 0.3 is 0 Å². The lowest BCUT2D eigenvalue weighted by atomic mass is 9.92. The summed E-state index contributed by atoms with van der Waals surface area (Å²) in [6, 6.07) is 18.1. The van der Waals surface area contributed by atoms with Crippen molar-refractivity contribution in [2.24, 2.45) is 0 Å². The summed E-state index contributed by atoms with van der Waals surface area (Å²) >= 11 is 0. The van der Waals surface area contributed by atoms with Crippen molar-refractivity contribution in [2.75, 3.05) is 0 Å². The van der Waals surface area contributed by atoms with Crippen LogP contribution in [0.4, 0.5) is 0 Å². The van der Waals surface area contributed by atoms with Crippen molar-refractivity contribution in [1.29, 1.82) is 0 Å². The third-order valence-electron chi connectivity index (χ3n) is 4.01. The molecule has 0 heterocycles. The second-order valence-corrected chi connectivity index (χ2v) is 5.57. The normalized spacial score (nSPS) is 11.6. The van der Waals surface area contributed by atoms with Crippen LogP contribution in [0.1, 0.15) is 37.8 Å². The third kappa shape index (κ3) is 2.02. The minimum absolute atomic E-state index is 0.565. The Kier molecular flexibility index (Phi) is 3.02. The van der Waals surface area contributed by atoms with Crippen LogP contribution in [0.15, 0.2) is 48.5 Å². The zero-order valence-electron chi connectivity index (χ0n) is 11.9. The van der Waals surface area contributed by atoms with Crippen molar-refractivity contribution in [3.63, 3.8) is 0 Å². The fourth-order valence-electron chi connectivity index (χ4n) is 2.88. The molecule has 3 aromatic rings. The van der Waals surface area contributed by atoms with Crippen LogP contribution in [0.25, 0.3) is 21.5 Å². The summed E-state index contributed by atoms with van der Waals surface area (Å²) in [6.07, 6.45) is 1.09. The molecule has 0 nitrogen and oxygen atoms in total. The molecule has 19 heavy (non-hydrogen) atoms. The predicted octanol–water partition coefficient (Wildman–Crippen LogP) is 5.68. The Morgan fingerprint density at radius 3 is 2.37 bits per heavy atom. The molecule has 96 valence electrons. The smallest absolute Gasteiger partial charge is 0.0102 e. The topological polar surface area (TPSA) is 0 Å². The molecular formula is C19H20. The van der Waals surface area contributed by atoms with Gasteiger partial charge in [0.15, 0.2) is 0 Å². The van der Waals surface area contributed by atoms with Crippen molar-refractivity contribution in [3.05, 3.63) is 59.7 Å². The molecule has 0 amide bonds. The van der Waals surface area contributed by atoms with Gasteiger partial charge in [0.25, 0.3) is 0 Å². The third-order valence-corrected chi connectivity index (χ3v) is 4.01. The average Bonchev–Trinajstić information content (AvgIpc) is 2.45. The van der Waals surface area contributed by atoms with Gasteiger partial charge in [-0.05, 0) is 45.0 Å². The van der Waals surface area contributed by atoms with Crippen LogP contribution in [0.3, 0.4) is 0 Å². The summed E-state index contributed by atoms with van der Waals surface area (Å²) in [4.78, 5) is 0. The molecule has 0 fully saturated rings. The molecule has 0 aliphatic heterocycles. The summed E-state index contributed by atoms with van der Waals surface area (Å²) in [5, 5.41) is 5.52. The summed E-state index contributed by atoms with van der Waals surface area (Å²) in [7, 11) is 0. The SMILES string of the molecule is CCc1ccc2ccc3c(C(C)C)cccc3c2c1. The molecule has 0 aliphatic carbocycles. The van der Waals surface area contributed by atoms with Crippen LogP contribution in [-0.4, -0.2) is 0 Å². The number of hydrogen-bond acceptors (Lipinski definition) is 0. The van der Waals surface area contributed by atoms with Gasteiger partial charge in [-0.2, -0.15) is 0 Å². The maximum Gasteiger partial charge on any atom is -0.0102 e. The second-order valence-electron chi connectivity index (χ2n) is 5.57. The number of benzene rings is 3. The summed E-state index contributed by atoms with van der Waals surface area (Å²) in [5.74, 6) is 0.565. The molecule has 0 N–H and O–H groups in total. The Hall–Kier alpha value is -1.82. The molecule has 0 spiro atoms. The largest absolute Gasteiger partial charge is 0.0613 e. The van der Waals surface area contributed by atoms with Gasteiger partial charge in [-0.15, -0.1) is 0 Å². The number of hydrogen-bond donors (Lipinski definition) is 0. The Morgan fingerprint density at radius 2 is 1.63 bits per heavy atom. The fraction of sp³-hybridized carbons (Fsp3) is 0.263. The van der Waals surface area contributed by atoms with E-state index in [1.807, 2.05) is 0 Å². The summed E-state index contributed by atoms with van der Waals surface area (Å²) < 4.78 is 0. The first-order chi connectivity index (χ1) is 9.20. The van der Waals surface area contributed by atoms with E-state index >= 15 is 0 Å². The number of rotatable bonds is 2. The van der Waals surface area contributed by atoms with E-state index in [1.54, 1.807) is 0 Å². The summed E-state index contributed by atoms with van der Waals surface area (Å²) in [6.45, 7) is 6.74. The zero-order valence-corrected chi connectivity index (χ0v) is 11.9. The average molecular weight is 248 g/mol. The molecule has 0 saturated carbocycles. The maximum absolute atomic E-state index is 2.35. The Balaban J connectivity index is 2.42. The van der Waals surface area contributed by atoms with Crippen LogP contribution in [0.5, 0.6) is 0 Å². The van der Waals surface area contributed by atoms with Crippen LogP contribution >= 0.6 is 0 Å². The second kappa shape index (κ2) is 4.70. The minimum Gasteiger partial charge on any atom is -0.0613 e. The van der Waals surface area contributed by atoms with Crippen molar-refractivity contribution < 1.29 is 0 Å². The zero-order chi connectivity index (χ0) is 13.4. The van der Waals surface area contributed by atoms with E-state index in [0.717, 1.165) is 6.42 Å². The van der Waals surface area contributed by atoms with Crippen LogP contribution in [-0.2, 0) is 6.42 Å². The molecule has 3 aromatic carbocycles. The predicted molar refractivity (Wildman–Crippen MR) is 84.9 cm³/mol. The van der Waals surface area contributed by atoms with E-state index in [2.05, 4.69) is 69.3 Å². The lowest BCUT2D eigenvalue weighted by Crippen LogP contribution is -1.90. The first-order valence-corrected chi connectivity index (χ1v) is 7.15. The quantitative estimate of drug-likeness (QED) is 0.512. The van der Waals surface area contributed by atoms with Crippen molar-refractivity contribution in [2.45, 2.75) is 33.1 Å². The lowest BCUT2D eigenvalue weighted by Gasteiger charge is -2.12. The van der Waals surface area contributed by atoms with Crippen molar-refractivity contribution in [1.82, 2.24) is 0 Å². The van der Waals surface area contributed by atoms with Gasteiger partial charge < -0.3 is 0 Å². The van der Waals surface area contributed by atoms with Crippen LogP contribution in [0.2, 0.25) is 0 Å². The highest BCUT2D eigenvalue weighted by molar-refractivity contribution is 6.08. The van der Waals surface area contributed by atoms with Gasteiger partial charge in [-0.3, -0.25) is 0 Å². The van der Waals surface area contributed by atoms with Crippen molar-refractivity contribution in [3.8, 4) is 0 Å². The minimum atomic E-state index is 0.565. The highest BCUT2D eigenvalue weighted by Crippen LogP contribution is 2.31. The van der Waals surface area contributed by atoms with Crippen LogP contribution in [0, 0.1) is 0 Å². The molecule has 0 unspecified atom stereocenters. The first kappa shape index (κ1) is 12.2. The Morgan fingerprint density at radius 1 is 0.842 bits per heavy atom. The van der Waals surface area contributed by atoms with Gasteiger partial charge in [0.1, 0.15) is 0 Å². The molecule has 0 saturated heterocycles. The molecule has 0 aliphatic rings. The van der Waals surface area contributed by atoms with Gasteiger partial charge in [0.05, 0.1) is 0 Å². The lowest BCUT2D eigenvalue weighted by molar-refractivity contribution is 0.876. The molecule has 0 bridgehead atoms. The van der Waals surface area contributed by atoms with Crippen molar-refractivity contribution >= 4 is 21.5 Å². The molecular weight excluding hydrogens is 228 g/mol. The number of aryl methyl sites for hydroxylation is 1. The Bertz CT molecular complexity index is 735. The fourth-order valence-corrected chi connectivity index (χ4v) is 2.88. The van der Waals surface area contributed by atoms with Gasteiger partial charge in [0.2, 0.25) is 0 Å². The van der Waals surface area contributed by atoms with E-state index in [-0.39, 0.29) is 0 Å². The Labute approximate surface area is 115 Å². The maximum atomic E-state index is 2.35. The van der Waals surface area contributed by atoms with E-state index < -0.39 is 0 Å². The van der Waals surface area contributed by atoms with Gasteiger partial charge in [-0.1, -0.05) is 69.3 Å². The first-order valence-electron chi connectivity index (χ1n) is 7.15. The van der Waals surface area contributed by atoms with E-state index in [0.29, 0.717) is 5.92 Å². The standard InChI is InChI=1S/C19H20/c1-4-14-8-9-15-10-11-18-16(13(2)3)6-5-7-17(18)19(15)12-14/h5-13H,4H2,1-3H3. The number of fused-ring (bicyclic) bond motifs is 3. The van der Waals surface area contributed by atoms with E-state index in [1.165, 1.54) is 32.7 Å².